The SMILES string of the molecule is O=C(COC(=O)COc1cccc(F)c1)Nc1ccc2c(c1)OCCO2. The molecular weight excluding hydrogens is 345 g/mol. The number of amides is 1. The second-order valence-corrected chi connectivity index (χ2v) is 5.31. The second-order valence-electron chi connectivity index (χ2n) is 5.31. The number of hydrogen-bond acceptors (Lipinski definition) is 6. The molecule has 1 N–H and O–H groups in total. The molecule has 1 amide bonds. The van der Waals surface area contributed by atoms with E-state index in [-0.39, 0.29) is 5.75 Å². The monoisotopic (exact) mass is 361 g/mol. The predicted molar refractivity (Wildman–Crippen MR) is 88.9 cm³/mol. The van der Waals surface area contributed by atoms with Crippen molar-refractivity contribution in [2.75, 3.05) is 31.7 Å². The minimum atomic E-state index is -0.744. The van der Waals surface area contributed by atoms with Crippen LogP contribution in [0.25, 0.3) is 0 Å². The van der Waals surface area contributed by atoms with E-state index in [0.29, 0.717) is 30.4 Å². The van der Waals surface area contributed by atoms with Crippen molar-refractivity contribution in [2.24, 2.45) is 0 Å². The van der Waals surface area contributed by atoms with Gasteiger partial charge in [-0.1, -0.05) is 6.07 Å². The number of carbonyl (C=O) groups is 2. The van der Waals surface area contributed by atoms with Gasteiger partial charge in [0.05, 0.1) is 0 Å². The zero-order chi connectivity index (χ0) is 18.4. The van der Waals surface area contributed by atoms with Crippen LogP contribution in [0.4, 0.5) is 10.1 Å². The highest BCUT2D eigenvalue weighted by Gasteiger charge is 2.14. The first kappa shape index (κ1) is 17.5. The maximum Gasteiger partial charge on any atom is 0.344 e. The third-order valence-electron chi connectivity index (χ3n) is 3.34. The third kappa shape index (κ3) is 4.85. The summed E-state index contributed by atoms with van der Waals surface area (Å²) in [6.07, 6.45) is 0. The number of halogens is 1. The van der Waals surface area contributed by atoms with E-state index in [4.69, 9.17) is 18.9 Å². The quantitative estimate of drug-likeness (QED) is 0.794. The molecule has 1 aliphatic rings. The maximum absolute atomic E-state index is 13.0. The first-order chi connectivity index (χ1) is 12.6. The van der Waals surface area contributed by atoms with Gasteiger partial charge < -0.3 is 24.3 Å². The second kappa shape index (κ2) is 8.19. The number of esters is 1. The summed E-state index contributed by atoms with van der Waals surface area (Å²) < 4.78 is 33.7. The summed E-state index contributed by atoms with van der Waals surface area (Å²) >= 11 is 0. The summed E-state index contributed by atoms with van der Waals surface area (Å²) in [6.45, 7) is 0.0141. The Morgan fingerprint density at radius 3 is 2.65 bits per heavy atom. The largest absolute Gasteiger partial charge is 0.486 e. The normalized spacial score (nSPS) is 12.2. The van der Waals surface area contributed by atoms with Crippen LogP contribution in [0, 0.1) is 5.82 Å². The Kier molecular flexibility index (Phi) is 5.52. The van der Waals surface area contributed by atoms with E-state index in [1.807, 2.05) is 0 Å². The van der Waals surface area contributed by atoms with Gasteiger partial charge in [-0.2, -0.15) is 0 Å². The molecule has 0 aromatic heterocycles. The third-order valence-corrected chi connectivity index (χ3v) is 3.34. The minimum absolute atomic E-state index is 0.197. The molecular formula is C18H16FNO6. The lowest BCUT2D eigenvalue weighted by atomic mass is 10.2. The fourth-order valence-electron chi connectivity index (χ4n) is 2.20. The topological polar surface area (TPSA) is 83.1 Å². The first-order valence-corrected chi connectivity index (χ1v) is 7.83. The number of carbonyl (C=O) groups excluding carboxylic acids is 2. The van der Waals surface area contributed by atoms with Crippen LogP contribution in [0.1, 0.15) is 0 Å². The molecule has 0 radical (unpaired) electrons. The van der Waals surface area contributed by atoms with Gasteiger partial charge in [-0.3, -0.25) is 4.79 Å². The highest BCUT2D eigenvalue weighted by atomic mass is 19.1. The smallest absolute Gasteiger partial charge is 0.344 e. The summed E-state index contributed by atoms with van der Waals surface area (Å²) in [5, 5.41) is 2.59. The molecule has 0 fully saturated rings. The lowest BCUT2D eigenvalue weighted by Gasteiger charge is -2.19. The average Bonchev–Trinajstić information content (AvgIpc) is 2.65. The van der Waals surface area contributed by atoms with Gasteiger partial charge in [-0.25, -0.2) is 9.18 Å². The number of benzene rings is 2. The molecule has 2 aromatic carbocycles. The van der Waals surface area contributed by atoms with Gasteiger partial charge in [0.1, 0.15) is 24.8 Å². The van der Waals surface area contributed by atoms with E-state index in [0.717, 1.165) is 6.07 Å². The lowest BCUT2D eigenvalue weighted by molar-refractivity contribution is -0.149. The molecule has 0 saturated carbocycles. The molecule has 7 nitrogen and oxygen atoms in total. The molecule has 1 heterocycles. The van der Waals surface area contributed by atoms with E-state index in [2.05, 4.69) is 5.32 Å². The van der Waals surface area contributed by atoms with Crippen LogP contribution in [-0.2, 0) is 14.3 Å². The molecule has 0 aliphatic carbocycles. The molecule has 0 saturated heterocycles. The number of anilines is 1. The highest BCUT2D eigenvalue weighted by Crippen LogP contribution is 2.32. The van der Waals surface area contributed by atoms with Gasteiger partial charge in [-0.05, 0) is 24.3 Å². The fourth-order valence-corrected chi connectivity index (χ4v) is 2.20. The van der Waals surface area contributed by atoms with Crippen molar-refractivity contribution in [3.8, 4) is 17.2 Å². The summed E-state index contributed by atoms with van der Waals surface area (Å²) in [6, 6.07) is 10.3. The van der Waals surface area contributed by atoms with E-state index in [1.54, 1.807) is 18.2 Å². The Bertz CT molecular complexity index is 810. The predicted octanol–water partition coefficient (Wildman–Crippen LogP) is 2.16. The summed E-state index contributed by atoms with van der Waals surface area (Å²) in [5.41, 5.74) is 0.492. The Hall–Kier alpha value is -3.29. The van der Waals surface area contributed by atoms with E-state index in [1.165, 1.54) is 18.2 Å². The Labute approximate surface area is 148 Å². The fraction of sp³-hybridized carbons (Fsp3) is 0.222. The maximum atomic E-state index is 13.0. The highest BCUT2D eigenvalue weighted by molar-refractivity contribution is 5.93. The number of rotatable bonds is 6. The lowest BCUT2D eigenvalue weighted by Crippen LogP contribution is -2.23. The van der Waals surface area contributed by atoms with E-state index >= 15 is 0 Å². The molecule has 2 aromatic rings. The zero-order valence-electron chi connectivity index (χ0n) is 13.7. The molecule has 3 rings (SSSR count). The molecule has 0 atom stereocenters. The van der Waals surface area contributed by atoms with Crippen LogP contribution in [0.15, 0.2) is 42.5 Å². The molecule has 0 bridgehead atoms. The van der Waals surface area contributed by atoms with Crippen molar-refractivity contribution in [1.82, 2.24) is 0 Å². The summed E-state index contributed by atoms with van der Waals surface area (Å²) in [7, 11) is 0. The van der Waals surface area contributed by atoms with Crippen LogP contribution >= 0.6 is 0 Å². The number of fused-ring (bicyclic) bond motifs is 1. The van der Waals surface area contributed by atoms with Gasteiger partial charge in [0.15, 0.2) is 24.7 Å². The summed E-state index contributed by atoms with van der Waals surface area (Å²) in [5.74, 6) is -0.394. The zero-order valence-corrected chi connectivity index (χ0v) is 13.7. The molecule has 0 spiro atoms. The van der Waals surface area contributed by atoms with Crippen LogP contribution in [-0.4, -0.2) is 38.3 Å². The molecule has 0 unspecified atom stereocenters. The van der Waals surface area contributed by atoms with Crippen LogP contribution in [0.3, 0.4) is 0 Å². The van der Waals surface area contributed by atoms with Gasteiger partial charge in [0.25, 0.3) is 5.91 Å². The van der Waals surface area contributed by atoms with Crippen molar-refractivity contribution in [2.45, 2.75) is 0 Å². The Balaban J connectivity index is 1.43. The van der Waals surface area contributed by atoms with Crippen molar-refractivity contribution < 1.29 is 32.9 Å². The molecule has 136 valence electrons. The first-order valence-electron chi connectivity index (χ1n) is 7.83. The van der Waals surface area contributed by atoms with Crippen LogP contribution < -0.4 is 19.5 Å². The average molecular weight is 361 g/mol. The van der Waals surface area contributed by atoms with Gasteiger partial charge in [0.2, 0.25) is 0 Å². The Morgan fingerprint density at radius 2 is 1.85 bits per heavy atom. The van der Waals surface area contributed by atoms with E-state index < -0.39 is 30.9 Å². The molecule has 26 heavy (non-hydrogen) atoms. The molecule has 1 aliphatic heterocycles. The minimum Gasteiger partial charge on any atom is -0.486 e. The van der Waals surface area contributed by atoms with Gasteiger partial charge >= 0.3 is 5.97 Å². The number of hydrogen-bond donors (Lipinski definition) is 1. The number of ether oxygens (including phenoxy) is 4. The Morgan fingerprint density at radius 1 is 1.04 bits per heavy atom. The molecule has 8 heteroatoms. The van der Waals surface area contributed by atoms with Crippen LogP contribution in [0.5, 0.6) is 17.2 Å². The van der Waals surface area contributed by atoms with Crippen molar-refractivity contribution in [3.63, 3.8) is 0 Å². The van der Waals surface area contributed by atoms with Crippen LogP contribution in [0.2, 0.25) is 0 Å². The van der Waals surface area contributed by atoms with Crippen molar-refractivity contribution in [3.05, 3.63) is 48.3 Å². The standard InChI is InChI=1S/C18H16FNO6/c19-12-2-1-3-14(8-12)25-11-18(22)26-10-17(21)20-13-4-5-15-16(9-13)24-7-6-23-15/h1-5,8-9H,6-7,10-11H2,(H,20,21). The van der Waals surface area contributed by atoms with Gasteiger partial charge in [-0.15, -0.1) is 0 Å². The van der Waals surface area contributed by atoms with Crippen molar-refractivity contribution in [1.29, 1.82) is 0 Å². The summed E-state index contributed by atoms with van der Waals surface area (Å²) in [4.78, 5) is 23.4. The number of nitrogens with one attached hydrogen (secondary N) is 1. The van der Waals surface area contributed by atoms with E-state index in [9.17, 15) is 14.0 Å². The van der Waals surface area contributed by atoms with Gasteiger partial charge in [0, 0.05) is 17.8 Å². The van der Waals surface area contributed by atoms with Crippen molar-refractivity contribution >= 4 is 17.6 Å².